The lowest BCUT2D eigenvalue weighted by atomic mass is 9.80. The molecule has 100 valence electrons. The van der Waals surface area contributed by atoms with E-state index in [1.54, 1.807) is 0 Å². The third kappa shape index (κ3) is 3.44. The topological polar surface area (TPSA) is 12.0 Å². The van der Waals surface area contributed by atoms with Crippen molar-refractivity contribution >= 4 is 17.4 Å². The standard InChI is InChI=1S/C16H25NS/c1-4-18-16-8-6-5-7-15(16)17-14-10-9-12(2)11-13(14)3/h5-8,12-14,17H,4,9-11H2,1-3H3. The van der Waals surface area contributed by atoms with E-state index in [0.717, 1.165) is 17.6 Å². The molecular weight excluding hydrogens is 238 g/mol. The van der Waals surface area contributed by atoms with Crippen LogP contribution < -0.4 is 5.32 Å². The Hall–Kier alpha value is -0.630. The van der Waals surface area contributed by atoms with Gasteiger partial charge in [0.05, 0.1) is 0 Å². The van der Waals surface area contributed by atoms with Crippen LogP contribution in [0, 0.1) is 11.8 Å². The molecule has 1 aromatic carbocycles. The summed E-state index contributed by atoms with van der Waals surface area (Å²) in [7, 11) is 0. The normalized spacial score (nSPS) is 28.1. The largest absolute Gasteiger partial charge is 0.381 e. The lowest BCUT2D eigenvalue weighted by Crippen LogP contribution is -2.33. The van der Waals surface area contributed by atoms with Crippen LogP contribution in [-0.2, 0) is 0 Å². The lowest BCUT2D eigenvalue weighted by molar-refractivity contribution is 0.276. The minimum atomic E-state index is 0.653. The summed E-state index contributed by atoms with van der Waals surface area (Å²) in [5.41, 5.74) is 1.33. The van der Waals surface area contributed by atoms with Crippen molar-refractivity contribution in [3.8, 4) is 0 Å². The highest BCUT2D eigenvalue weighted by Gasteiger charge is 2.25. The monoisotopic (exact) mass is 263 g/mol. The molecule has 0 aromatic heterocycles. The predicted molar refractivity (Wildman–Crippen MR) is 82.4 cm³/mol. The number of benzene rings is 1. The number of para-hydroxylation sites is 1. The molecule has 3 atom stereocenters. The highest BCUT2D eigenvalue weighted by atomic mass is 32.2. The summed E-state index contributed by atoms with van der Waals surface area (Å²) in [6, 6.07) is 9.38. The molecular formula is C16H25NS. The first-order chi connectivity index (χ1) is 8.70. The average Bonchev–Trinajstić information content (AvgIpc) is 2.35. The van der Waals surface area contributed by atoms with Crippen LogP contribution in [0.3, 0.4) is 0 Å². The molecule has 2 heteroatoms. The fourth-order valence-electron chi connectivity index (χ4n) is 2.95. The van der Waals surface area contributed by atoms with E-state index in [0.29, 0.717) is 6.04 Å². The number of hydrogen-bond donors (Lipinski definition) is 1. The maximum Gasteiger partial charge on any atom is 0.0480 e. The van der Waals surface area contributed by atoms with Crippen LogP contribution in [0.5, 0.6) is 0 Å². The molecule has 1 aliphatic rings. The van der Waals surface area contributed by atoms with E-state index in [2.05, 4.69) is 50.4 Å². The fourth-order valence-corrected chi connectivity index (χ4v) is 3.72. The number of thioether (sulfide) groups is 1. The summed E-state index contributed by atoms with van der Waals surface area (Å²) < 4.78 is 0. The van der Waals surface area contributed by atoms with Crippen molar-refractivity contribution < 1.29 is 0 Å². The van der Waals surface area contributed by atoms with Gasteiger partial charge in [0.25, 0.3) is 0 Å². The summed E-state index contributed by atoms with van der Waals surface area (Å²) >= 11 is 1.93. The lowest BCUT2D eigenvalue weighted by Gasteiger charge is -2.34. The minimum absolute atomic E-state index is 0.653. The van der Waals surface area contributed by atoms with Crippen LogP contribution in [0.1, 0.15) is 40.0 Å². The molecule has 0 amide bonds. The van der Waals surface area contributed by atoms with Gasteiger partial charge in [-0.25, -0.2) is 0 Å². The quantitative estimate of drug-likeness (QED) is 0.764. The molecule has 0 radical (unpaired) electrons. The van der Waals surface area contributed by atoms with E-state index in [-0.39, 0.29) is 0 Å². The number of nitrogens with one attached hydrogen (secondary N) is 1. The zero-order chi connectivity index (χ0) is 13.0. The van der Waals surface area contributed by atoms with E-state index < -0.39 is 0 Å². The second-order valence-electron chi connectivity index (χ2n) is 5.58. The van der Waals surface area contributed by atoms with Gasteiger partial charge in [0.2, 0.25) is 0 Å². The molecule has 0 heterocycles. The van der Waals surface area contributed by atoms with E-state index >= 15 is 0 Å². The average molecular weight is 263 g/mol. The highest BCUT2D eigenvalue weighted by Crippen LogP contribution is 2.33. The van der Waals surface area contributed by atoms with Crippen LogP contribution in [0.15, 0.2) is 29.2 Å². The van der Waals surface area contributed by atoms with Gasteiger partial charge in [-0.05, 0) is 49.0 Å². The van der Waals surface area contributed by atoms with Crippen molar-refractivity contribution in [2.45, 2.75) is 51.0 Å². The molecule has 1 aromatic rings. The highest BCUT2D eigenvalue weighted by molar-refractivity contribution is 7.99. The third-order valence-electron chi connectivity index (χ3n) is 3.96. The Labute approximate surface area is 116 Å². The molecule has 18 heavy (non-hydrogen) atoms. The maximum absolute atomic E-state index is 3.78. The SMILES string of the molecule is CCSc1ccccc1NC1CCC(C)CC1C. The Balaban J connectivity index is 2.04. The van der Waals surface area contributed by atoms with Crippen molar-refractivity contribution in [2.24, 2.45) is 11.8 Å². The van der Waals surface area contributed by atoms with Gasteiger partial charge in [0.15, 0.2) is 0 Å². The number of anilines is 1. The van der Waals surface area contributed by atoms with Gasteiger partial charge in [0, 0.05) is 16.6 Å². The summed E-state index contributed by atoms with van der Waals surface area (Å²) in [5.74, 6) is 2.82. The fraction of sp³-hybridized carbons (Fsp3) is 0.625. The van der Waals surface area contributed by atoms with Crippen LogP contribution in [0.2, 0.25) is 0 Å². The van der Waals surface area contributed by atoms with Crippen LogP contribution in [-0.4, -0.2) is 11.8 Å². The molecule has 1 N–H and O–H groups in total. The number of rotatable bonds is 4. The molecule has 0 bridgehead atoms. The molecule has 0 saturated heterocycles. The van der Waals surface area contributed by atoms with E-state index in [4.69, 9.17) is 0 Å². The Bertz CT molecular complexity index is 377. The van der Waals surface area contributed by atoms with Gasteiger partial charge in [-0.3, -0.25) is 0 Å². The van der Waals surface area contributed by atoms with Gasteiger partial charge in [-0.15, -0.1) is 11.8 Å². The van der Waals surface area contributed by atoms with Crippen molar-refractivity contribution in [1.29, 1.82) is 0 Å². The molecule has 0 spiro atoms. The Kier molecular flexibility index (Phi) is 4.99. The molecule has 1 aliphatic carbocycles. The summed E-state index contributed by atoms with van der Waals surface area (Å²) in [6.45, 7) is 6.99. The second kappa shape index (κ2) is 6.51. The van der Waals surface area contributed by atoms with Gasteiger partial charge in [0.1, 0.15) is 0 Å². The zero-order valence-corrected chi connectivity index (χ0v) is 12.6. The maximum atomic E-state index is 3.78. The second-order valence-corrected chi connectivity index (χ2v) is 6.88. The predicted octanol–water partition coefficient (Wildman–Crippen LogP) is 5.04. The molecule has 2 rings (SSSR count). The minimum Gasteiger partial charge on any atom is -0.381 e. The molecule has 1 nitrogen and oxygen atoms in total. The molecule has 3 unspecified atom stereocenters. The first-order valence-electron chi connectivity index (χ1n) is 7.19. The smallest absolute Gasteiger partial charge is 0.0480 e. The van der Waals surface area contributed by atoms with Gasteiger partial charge in [-0.2, -0.15) is 0 Å². The summed E-state index contributed by atoms with van der Waals surface area (Å²) in [5, 5.41) is 3.78. The van der Waals surface area contributed by atoms with E-state index in [1.165, 1.54) is 29.8 Å². The van der Waals surface area contributed by atoms with Crippen LogP contribution >= 0.6 is 11.8 Å². The molecule has 1 fully saturated rings. The third-order valence-corrected chi connectivity index (χ3v) is 4.91. The van der Waals surface area contributed by atoms with Gasteiger partial charge >= 0.3 is 0 Å². The van der Waals surface area contributed by atoms with Crippen molar-refractivity contribution in [3.63, 3.8) is 0 Å². The van der Waals surface area contributed by atoms with Crippen LogP contribution in [0.25, 0.3) is 0 Å². The first kappa shape index (κ1) is 13.8. The van der Waals surface area contributed by atoms with Gasteiger partial charge < -0.3 is 5.32 Å². The first-order valence-corrected chi connectivity index (χ1v) is 8.17. The number of hydrogen-bond acceptors (Lipinski definition) is 2. The van der Waals surface area contributed by atoms with E-state index in [9.17, 15) is 0 Å². The Morgan fingerprint density at radius 2 is 2.00 bits per heavy atom. The Morgan fingerprint density at radius 3 is 2.72 bits per heavy atom. The van der Waals surface area contributed by atoms with Crippen molar-refractivity contribution in [2.75, 3.05) is 11.1 Å². The summed E-state index contributed by atoms with van der Waals surface area (Å²) in [6.07, 6.45) is 4.04. The summed E-state index contributed by atoms with van der Waals surface area (Å²) in [4.78, 5) is 1.39. The molecule has 1 saturated carbocycles. The van der Waals surface area contributed by atoms with Gasteiger partial charge in [-0.1, -0.05) is 32.9 Å². The van der Waals surface area contributed by atoms with E-state index in [1.807, 2.05) is 11.8 Å². The zero-order valence-electron chi connectivity index (χ0n) is 11.8. The van der Waals surface area contributed by atoms with Crippen molar-refractivity contribution in [3.05, 3.63) is 24.3 Å². The molecule has 0 aliphatic heterocycles. The Morgan fingerprint density at radius 1 is 1.22 bits per heavy atom. The van der Waals surface area contributed by atoms with Crippen molar-refractivity contribution in [1.82, 2.24) is 0 Å². The van der Waals surface area contributed by atoms with Crippen LogP contribution in [0.4, 0.5) is 5.69 Å².